The van der Waals surface area contributed by atoms with Gasteiger partial charge in [0, 0.05) is 22.5 Å². The first-order valence-corrected chi connectivity index (χ1v) is 8.83. The molecule has 134 valence electrons. The third kappa shape index (κ3) is 2.19. The van der Waals surface area contributed by atoms with Crippen LogP contribution in [0.15, 0.2) is 45.9 Å². The molecule has 0 amide bonds. The van der Waals surface area contributed by atoms with Gasteiger partial charge in [0.15, 0.2) is 0 Å². The normalized spacial score (nSPS) is 17.9. The lowest BCUT2D eigenvalue weighted by molar-refractivity contribution is -0.0710. The Balaban J connectivity index is 2.11. The van der Waals surface area contributed by atoms with Gasteiger partial charge in [-0.3, -0.25) is 9.67 Å². The summed E-state index contributed by atoms with van der Waals surface area (Å²) in [6.45, 7) is 2.63. The molecule has 0 atom stereocenters. The molecule has 0 radical (unpaired) electrons. The highest BCUT2D eigenvalue weighted by Gasteiger charge is 2.54. The van der Waals surface area contributed by atoms with E-state index in [-0.39, 0.29) is 5.56 Å². The fraction of sp³-hybridized carbons (Fsp3) is 0.263. The number of rotatable bonds is 1. The van der Waals surface area contributed by atoms with Crippen molar-refractivity contribution in [1.29, 1.82) is 0 Å². The number of fused-ring (bicyclic) bond motifs is 2. The first-order valence-electron chi connectivity index (χ1n) is 8.04. The van der Waals surface area contributed by atoms with Gasteiger partial charge < -0.3 is 0 Å². The number of aryl methyl sites for hydroxylation is 1. The Morgan fingerprint density at radius 1 is 1.08 bits per heavy atom. The zero-order valence-corrected chi connectivity index (χ0v) is 15.9. The van der Waals surface area contributed by atoms with E-state index in [0.29, 0.717) is 16.9 Å². The molecule has 1 aliphatic heterocycles. The average molecular weight is 422 g/mol. The molecule has 2 heterocycles. The van der Waals surface area contributed by atoms with Gasteiger partial charge in [-0.1, -0.05) is 24.3 Å². The van der Waals surface area contributed by atoms with E-state index >= 15 is 0 Å². The van der Waals surface area contributed by atoms with Crippen LogP contribution in [-0.2, 0) is 13.0 Å². The molecule has 2 aromatic carbocycles. The van der Waals surface area contributed by atoms with E-state index in [1.54, 1.807) is 11.7 Å². The van der Waals surface area contributed by atoms with Gasteiger partial charge in [0.05, 0.1) is 17.0 Å². The molecule has 0 saturated carbocycles. The van der Waals surface area contributed by atoms with Gasteiger partial charge in [0.2, 0.25) is 0 Å². The molecule has 0 N–H and O–H groups in total. The van der Waals surface area contributed by atoms with Crippen LogP contribution in [0.5, 0.6) is 0 Å². The van der Waals surface area contributed by atoms with Gasteiger partial charge >= 0.3 is 5.92 Å². The quantitative estimate of drug-likeness (QED) is 0.531. The van der Waals surface area contributed by atoms with Crippen LogP contribution in [-0.4, -0.2) is 21.0 Å². The van der Waals surface area contributed by atoms with Gasteiger partial charge in [-0.05, 0) is 41.9 Å². The Morgan fingerprint density at radius 3 is 2.50 bits per heavy atom. The number of halogens is 4. The van der Waals surface area contributed by atoms with Crippen LogP contribution in [0.25, 0.3) is 10.9 Å². The van der Waals surface area contributed by atoms with E-state index in [2.05, 4.69) is 26.0 Å². The molecule has 1 aliphatic rings. The Hall–Kier alpha value is -2.15. The molecular weight excluding hydrogens is 407 g/mol. The lowest BCUT2D eigenvalue weighted by atomic mass is 9.81. The smallest absolute Gasteiger partial charge is 0.270 e. The summed E-state index contributed by atoms with van der Waals surface area (Å²) < 4.78 is 46.7. The lowest BCUT2D eigenvalue weighted by Crippen LogP contribution is -2.45. The van der Waals surface area contributed by atoms with E-state index in [9.17, 15) is 13.2 Å². The number of aliphatic imine (C=N–C) groups is 1. The van der Waals surface area contributed by atoms with Crippen molar-refractivity contribution in [2.24, 2.45) is 12.0 Å². The predicted octanol–water partition coefficient (Wildman–Crippen LogP) is 5.20. The van der Waals surface area contributed by atoms with Crippen molar-refractivity contribution >= 4 is 32.5 Å². The molecule has 3 nitrogen and oxygen atoms in total. The van der Waals surface area contributed by atoms with Crippen LogP contribution in [0.2, 0.25) is 0 Å². The summed E-state index contributed by atoms with van der Waals surface area (Å²) in [4.78, 5) is 4.36. The number of nitrogens with zero attached hydrogens (tertiary/aromatic N) is 3. The van der Waals surface area contributed by atoms with E-state index in [0.717, 1.165) is 15.9 Å². The van der Waals surface area contributed by atoms with Crippen LogP contribution < -0.4 is 0 Å². The average Bonchev–Trinajstić information content (AvgIpc) is 2.88. The van der Waals surface area contributed by atoms with E-state index in [1.807, 2.05) is 18.2 Å². The number of alkyl halides is 2. The Morgan fingerprint density at radius 2 is 1.77 bits per heavy atom. The summed E-state index contributed by atoms with van der Waals surface area (Å²) in [6.07, 6.45) is 0. The zero-order valence-electron chi connectivity index (χ0n) is 14.3. The maximum absolute atomic E-state index is 15.0. The van der Waals surface area contributed by atoms with E-state index in [1.165, 1.54) is 26.0 Å². The predicted molar refractivity (Wildman–Crippen MR) is 98.4 cm³/mol. The lowest BCUT2D eigenvalue weighted by Gasteiger charge is -2.37. The van der Waals surface area contributed by atoms with Crippen molar-refractivity contribution in [3.63, 3.8) is 0 Å². The molecule has 0 fully saturated rings. The number of benzene rings is 2. The molecule has 4 rings (SSSR count). The third-order valence-corrected chi connectivity index (χ3v) is 5.42. The second-order valence-electron chi connectivity index (χ2n) is 6.86. The zero-order chi connectivity index (χ0) is 18.9. The first-order chi connectivity index (χ1) is 12.1. The number of hydrogen-bond donors (Lipinski definition) is 0. The molecule has 0 aliphatic carbocycles. The van der Waals surface area contributed by atoms with Crippen molar-refractivity contribution in [3.05, 3.63) is 63.5 Å². The van der Waals surface area contributed by atoms with Gasteiger partial charge in [0.25, 0.3) is 0 Å². The van der Waals surface area contributed by atoms with Crippen molar-refractivity contribution in [1.82, 2.24) is 9.78 Å². The molecular formula is C19H15BrF3N3. The summed E-state index contributed by atoms with van der Waals surface area (Å²) in [7, 11) is 1.73. The topological polar surface area (TPSA) is 30.2 Å². The highest BCUT2D eigenvalue weighted by atomic mass is 79.9. The monoisotopic (exact) mass is 421 g/mol. The summed E-state index contributed by atoms with van der Waals surface area (Å²) in [5.74, 6) is -4.35. The summed E-state index contributed by atoms with van der Waals surface area (Å²) >= 11 is 3.46. The van der Waals surface area contributed by atoms with Crippen LogP contribution in [0.3, 0.4) is 0 Å². The minimum atomic E-state index is -3.42. The molecule has 0 unspecified atom stereocenters. The fourth-order valence-electron chi connectivity index (χ4n) is 3.40. The molecule has 0 saturated heterocycles. The molecule has 3 aromatic rings. The minimum Gasteiger partial charge on any atom is -0.270 e. The Bertz CT molecular complexity index is 1080. The molecule has 7 heteroatoms. The Kier molecular flexibility index (Phi) is 3.60. The van der Waals surface area contributed by atoms with Crippen molar-refractivity contribution < 1.29 is 13.2 Å². The van der Waals surface area contributed by atoms with Gasteiger partial charge in [-0.2, -0.15) is 13.9 Å². The maximum atomic E-state index is 15.0. The SMILES string of the molecule is Cn1nc2c(Br)cccc2c1C1=NC(C)(C)C(F)(F)c2c(F)cccc21. The first kappa shape index (κ1) is 17.3. The van der Waals surface area contributed by atoms with Gasteiger partial charge in [-0.25, -0.2) is 4.39 Å². The summed E-state index contributed by atoms with van der Waals surface area (Å²) in [5, 5.41) is 5.24. The van der Waals surface area contributed by atoms with Crippen LogP contribution >= 0.6 is 15.9 Å². The van der Waals surface area contributed by atoms with E-state index in [4.69, 9.17) is 0 Å². The van der Waals surface area contributed by atoms with Crippen LogP contribution in [0.4, 0.5) is 13.2 Å². The second-order valence-corrected chi connectivity index (χ2v) is 7.72. The molecule has 0 bridgehead atoms. The fourth-order valence-corrected chi connectivity index (χ4v) is 3.85. The highest BCUT2D eigenvalue weighted by Crippen LogP contribution is 2.48. The van der Waals surface area contributed by atoms with E-state index < -0.39 is 22.8 Å². The molecule has 0 spiro atoms. The minimum absolute atomic E-state index is 0.0965. The molecule has 26 heavy (non-hydrogen) atoms. The van der Waals surface area contributed by atoms with Crippen molar-refractivity contribution in [2.45, 2.75) is 25.3 Å². The molecule has 1 aromatic heterocycles. The summed E-state index contributed by atoms with van der Waals surface area (Å²) in [6, 6.07) is 9.51. The number of hydrogen-bond acceptors (Lipinski definition) is 2. The van der Waals surface area contributed by atoms with Gasteiger partial charge in [0.1, 0.15) is 16.9 Å². The maximum Gasteiger partial charge on any atom is 0.300 e. The Labute approximate surface area is 156 Å². The van der Waals surface area contributed by atoms with Crippen LogP contribution in [0, 0.1) is 5.82 Å². The van der Waals surface area contributed by atoms with Crippen molar-refractivity contribution in [3.8, 4) is 0 Å². The second kappa shape index (κ2) is 5.42. The standard InChI is InChI=1S/C19H15BrF3N3/c1-18(2)19(22,23)14-10(6-5-9-13(14)21)16(24-18)17-11-7-4-8-12(20)15(11)25-26(17)3/h4-9H,1-3H3. The highest BCUT2D eigenvalue weighted by molar-refractivity contribution is 9.10. The number of aromatic nitrogens is 2. The largest absolute Gasteiger partial charge is 0.300 e. The van der Waals surface area contributed by atoms with Crippen molar-refractivity contribution in [2.75, 3.05) is 0 Å². The van der Waals surface area contributed by atoms with Crippen LogP contribution in [0.1, 0.15) is 30.7 Å². The van der Waals surface area contributed by atoms with Gasteiger partial charge in [-0.15, -0.1) is 0 Å². The summed E-state index contributed by atoms with van der Waals surface area (Å²) in [5.41, 5.74) is -0.713. The third-order valence-electron chi connectivity index (χ3n) is 4.78.